The molecule has 1 aliphatic heterocycles. The number of carbonyl (C=O) groups is 1. The van der Waals surface area contributed by atoms with Gasteiger partial charge < -0.3 is 5.32 Å². The van der Waals surface area contributed by atoms with Crippen LogP contribution >= 0.6 is 11.3 Å². The number of sulfonamides is 1. The third-order valence-electron chi connectivity index (χ3n) is 4.76. The first-order valence-electron chi connectivity index (χ1n) is 9.46. The van der Waals surface area contributed by atoms with Crippen LogP contribution in [0, 0.1) is 18.8 Å². The number of benzene rings is 1. The highest BCUT2D eigenvalue weighted by molar-refractivity contribution is 7.89. The molecule has 0 atom stereocenters. The van der Waals surface area contributed by atoms with Crippen molar-refractivity contribution in [3.63, 3.8) is 0 Å². The standard InChI is InChI=1S/C19H26N4O3S2/c1-13(2)12-17-21-22-19(27-17)20-18(24)15-8-10-23(11-9-15)28(25,26)16-6-4-14(3)5-7-16/h4-7,13,15H,8-12H2,1-3H3,(H,20,22,24). The summed E-state index contributed by atoms with van der Waals surface area (Å²) in [5.74, 6) is 0.151. The summed E-state index contributed by atoms with van der Waals surface area (Å²) in [6.07, 6.45) is 1.83. The lowest BCUT2D eigenvalue weighted by Crippen LogP contribution is -2.41. The molecule has 1 fully saturated rings. The first-order chi connectivity index (χ1) is 13.3. The number of hydrogen-bond donors (Lipinski definition) is 1. The molecular formula is C19H26N4O3S2. The largest absolute Gasteiger partial charge is 0.300 e. The summed E-state index contributed by atoms with van der Waals surface area (Å²) >= 11 is 1.40. The fourth-order valence-electron chi connectivity index (χ4n) is 3.16. The molecule has 0 radical (unpaired) electrons. The molecule has 0 spiro atoms. The van der Waals surface area contributed by atoms with Crippen LogP contribution in [-0.4, -0.2) is 41.9 Å². The fourth-order valence-corrected chi connectivity index (χ4v) is 5.59. The topological polar surface area (TPSA) is 92.3 Å². The Morgan fingerprint density at radius 2 is 1.86 bits per heavy atom. The van der Waals surface area contributed by atoms with Gasteiger partial charge >= 0.3 is 0 Å². The monoisotopic (exact) mass is 422 g/mol. The molecule has 3 rings (SSSR count). The van der Waals surface area contributed by atoms with E-state index in [2.05, 4.69) is 29.4 Å². The van der Waals surface area contributed by atoms with Crippen LogP contribution in [0.4, 0.5) is 5.13 Å². The number of nitrogens with zero attached hydrogens (tertiary/aromatic N) is 3. The maximum Gasteiger partial charge on any atom is 0.243 e. The van der Waals surface area contributed by atoms with Gasteiger partial charge in [-0.15, -0.1) is 10.2 Å². The lowest BCUT2D eigenvalue weighted by molar-refractivity contribution is -0.120. The van der Waals surface area contributed by atoms with Crippen molar-refractivity contribution >= 4 is 32.4 Å². The molecule has 7 nitrogen and oxygen atoms in total. The van der Waals surface area contributed by atoms with Crippen molar-refractivity contribution in [3.05, 3.63) is 34.8 Å². The molecular weight excluding hydrogens is 396 g/mol. The van der Waals surface area contributed by atoms with E-state index in [1.807, 2.05) is 6.92 Å². The molecule has 0 saturated carbocycles. The molecule has 2 aromatic rings. The summed E-state index contributed by atoms with van der Waals surface area (Å²) in [5.41, 5.74) is 1.02. The maximum atomic E-state index is 12.8. The minimum absolute atomic E-state index is 0.111. The third-order valence-corrected chi connectivity index (χ3v) is 7.54. The second-order valence-electron chi connectivity index (χ2n) is 7.58. The quantitative estimate of drug-likeness (QED) is 0.772. The Morgan fingerprint density at radius 1 is 1.21 bits per heavy atom. The van der Waals surface area contributed by atoms with Gasteiger partial charge in [0, 0.05) is 25.4 Å². The summed E-state index contributed by atoms with van der Waals surface area (Å²) < 4.78 is 27.0. The van der Waals surface area contributed by atoms with Crippen LogP contribution in [0.1, 0.15) is 37.3 Å². The Labute approximate surface area is 170 Å². The summed E-state index contributed by atoms with van der Waals surface area (Å²) in [6, 6.07) is 6.85. The number of aromatic nitrogens is 2. The van der Waals surface area contributed by atoms with Gasteiger partial charge in [-0.2, -0.15) is 4.31 Å². The number of anilines is 1. The number of hydrogen-bond acceptors (Lipinski definition) is 6. The van der Waals surface area contributed by atoms with Crippen molar-refractivity contribution in [2.24, 2.45) is 11.8 Å². The Hall–Kier alpha value is -1.84. The predicted molar refractivity (Wildman–Crippen MR) is 110 cm³/mol. The molecule has 152 valence electrons. The SMILES string of the molecule is Cc1ccc(S(=O)(=O)N2CCC(C(=O)Nc3nnc(CC(C)C)s3)CC2)cc1. The van der Waals surface area contributed by atoms with E-state index in [9.17, 15) is 13.2 Å². The van der Waals surface area contributed by atoms with Gasteiger partial charge in [0.2, 0.25) is 21.1 Å². The van der Waals surface area contributed by atoms with E-state index < -0.39 is 10.0 Å². The number of nitrogens with one attached hydrogen (secondary N) is 1. The lowest BCUT2D eigenvalue weighted by atomic mass is 9.97. The molecule has 0 bridgehead atoms. The summed E-state index contributed by atoms with van der Waals surface area (Å²) in [7, 11) is -3.51. The summed E-state index contributed by atoms with van der Waals surface area (Å²) in [5, 5.41) is 12.4. The van der Waals surface area contributed by atoms with Crippen LogP contribution in [0.2, 0.25) is 0 Å². The van der Waals surface area contributed by atoms with E-state index in [1.165, 1.54) is 15.6 Å². The number of rotatable bonds is 6. The smallest absolute Gasteiger partial charge is 0.243 e. The van der Waals surface area contributed by atoms with Crippen molar-refractivity contribution in [1.29, 1.82) is 0 Å². The second kappa shape index (κ2) is 8.67. The van der Waals surface area contributed by atoms with Crippen LogP contribution in [0.5, 0.6) is 0 Å². The van der Waals surface area contributed by atoms with Crippen molar-refractivity contribution in [1.82, 2.24) is 14.5 Å². The van der Waals surface area contributed by atoms with E-state index in [0.29, 0.717) is 41.9 Å². The highest BCUT2D eigenvalue weighted by Gasteiger charge is 2.32. The molecule has 1 aromatic carbocycles. The molecule has 2 heterocycles. The minimum Gasteiger partial charge on any atom is -0.300 e. The fraction of sp³-hybridized carbons (Fsp3) is 0.526. The zero-order chi connectivity index (χ0) is 20.3. The zero-order valence-electron chi connectivity index (χ0n) is 16.4. The van der Waals surface area contributed by atoms with Crippen LogP contribution in [0.3, 0.4) is 0 Å². The van der Waals surface area contributed by atoms with Gasteiger partial charge in [0.05, 0.1) is 4.90 Å². The van der Waals surface area contributed by atoms with E-state index in [1.54, 1.807) is 24.3 Å². The molecule has 28 heavy (non-hydrogen) atoms. The lowest BCUT2D eigenvalue weighted by Gasteiger charge is -2.30. The van der Waals surface area contributed by atoms with Gasteiger partial charge in [-0.3, -0.25) is 4.79 Å². The molecule has 0 aliphatic carbocycles. The Morgan fingerprint density at radius 3 is 2.46 bits per heavy atom. The van der Waals surface area contributed by atoms with Gasteiger partial charge in [-0.25, -0.2) is 8.42 Å². The molecule has 1 saturated heterocycles. The third kappa shape index (κ3) is 4.95. The molecule has 0 unspecified atom stereocenters. The van der Waals surface area contributed by atoms with E-state index in [0.717, 1.165) is 17.0 Å². The van der Waals surface area contributed by atoms with Gasteiger partial charge in [0.25, 0.3) is 0 Å². The van der Waals surface area contributed by atoms with Crippen molar-refractivity contribution < 1.29 is 13.2 Å². The van der Waals surface area contributed by atoms with Crippen molar-refractivity contribution in [3.8, 4) is 0 Å². The maximum absolute atomic E-state index is 12.8. The van der Waals surface area contributed by atoms with Gasteiger partial charge in [0.15, 0.2) is 0 Å². The molecule has 9 heteroatoms. The summed E-state index contributed by atoms with van der Waals surface area (Å²) in [6.45, 7) is 6.81. The van der Waals surface area contributed by atoms with Crippen LogP contribution < -0.4 is 5.32 Å². The summed E-state index contributed by atoms with van der Waals surface area (Å²) in [4.78, 5) is 12.8. The molecule has 1 N–H and O–H groups in total. The van der Waals surface area contributed by atoms with Crippen LogP contribution in [-0.2, 0) is 21.2 Å². The highest BCUT2D eigenvalue weighted by Crippen LogP contribution is 2.26. The van der Waals surface area contributed by atoms with Crippen LogP contribution in [0.25, 0.3) is 0 Å². The van der Waals surface area contributed by atoms with Crippen molar-refractivity contribution in [2.75, 3.05) is 18.4 Å². The van der Waals surface area contributed by atoms with Crippen LogP contribution in [0.15, 0.2) is 29.2 Å². The zero-order valence-corrected chi connectivity index (χ0v) is 18.0. The molecule has 1 aliphatic rings. The van der Waals surface area contributed by atoms with Gasteiger partial charge in [-0.1, -0.05) is 42.9 Å². The average molecular weight is 423 g/mol. The first-order valence-corrected chi connectivity index (χ1v) is 11.7. The van der Waals surface area contributed by atoms with Gasteiger partial charge in [-0.05, 0) is 37.8 Å². The highest BCUT2D eigenvalue weighted by atomic mass is 32.2. The second-order valence-corrected chi connectivity index (χ2v) is 10.6. The first kappa shape index (κ1) is 20.9. The molecule has 1 amide bonds. The Balaban J connectivity index is 1.56. The number of carbonyl (C=O) groups excluding carboxylic acids is 1. The predicted octanol–water partition coefficient (Wildman–Crippen LogP) is 3.08. The Kier molecular flexibility index (Phi) is 6.47. The van der Waals surface area contributed by atoms with Gasteiger partial charge in [0.1, 0.15) is 5.01 Å². The van der Waals surface area contributed by atoms with Crippen molar-refractivity contribution in [2.45, 2.75) is 44.9 Å². The van der Waals surface area contributed by atoms with E-state index in [-0.39, 0.29) is 11.8 Å². The van der Waals surface area contributed by atoms with E-state index in [4.69, 9.17) is 0 Å². The normalized spacial score (nSPS) is 16.4. The Bertz CT molecular complexity index is 915. The molecule has 1 aromatic heterocycles. The minimum atomic E-state index is -3.51. The van der Waals surface area contributed by atoms with E-state index >= 15 is 0 Å². The number of amides is 1. The number of piperidine rings is 1. The number of aryl methyl sites for hydroxylation is 1. The average Bonchev–Trinajstić information content (AvgIpc) is 3.08.